The first-order valence-electron chi connectivity index (χ1n) is 9.60. The number of hydrogen-bond acceptors (Lipinski definition) is 5. The smallest absolute Gasteiger partial charge is 0.229 e. The summed E-state index contributed by atoms with van der Waals surface area (Å²) < 4.78 is 24.9. The highest BCUT2D eigenvalue weighted by molar-refractivity contribution is 7.92. The maximum atomic E-state index is 11.2. The summed E-state index contributed by atoms with van der Waals surface area (Å²) >= 11 is 0. The van der Waals surface area contributed by atoms with Gasteiger partial charge in [0.2, 0.25) is 10.0 Å². The SMILES string of the molecule is Cc1cccc(CCN(C)CCCCC(O)c2ccc(NS(C)(=O)=O)cc2)n1. The van der Waals surface area contributed by atoms with Gasteiger partial charge in [-0.1, -0.05) is 18.2 Å². The molecule has 0 bridgehead atoms. The zero-order valence-corrected chi connectivity index (χ0v) is 17.7. The molecule has 0 saturated carbocycles. The number of aromatic nitrogens is 1. The highest BCUT2D eigenvalue weighted by Gasteiger charge is 2.09. The van der Waals surface area contributed by atoms with E-state index in [1.54, 1.807) is 24.3 Å². The highest BCUT2D eigenvalue weighted by Crippen LogP contribution is 2.21. The molecule has 1 unspecified atom stereocenters. The number of benzene rings is 1. The molecule has 0 spiro atoms. The molecule has 1 aromatic heterocycles. The molecule has 1 atom stereocenters. The predicted octanol–water partition coefficient (Wildman–Crippen LogP) is 3.14. The molecule has 1 heterocycles. The Morgan fingerprint density at radius 1 is 1.11 bits per heavy atom. The zero-order valence-electron chi connectivity index (χ0n) is 16.9. The van der Waals surface area contributed by atoms with Crippen LogP contribution >= 0.6 is 0 Å². The normalized spacial score (nSPS) is 12.9. The third kappa shape index (κ3) is 8.37. The second kappa shape index (κ2) is 10.5. The number of aliphatic hydroxyl groups is 1. The fourth-order valence-corrected chi connectivity index (χ4v) is 3.59. The Morgan fingerprint density at radius 2 is 1.82 bits per heavy atom. The second-order valence-electron chi connectivity index (χ2n) is 7.33. The molecule has 0 amide bonds. The molecular formula is C21H31N3O3S. The minimum absolute atomic E-state index is 0.503. The van der Waals surface area contributed by atoms with E-state index in [1.165, 1.54) is 0 Å². The number of aryl methyl sites for hydroxylation is 1. The van der Waals surface area contributed by atoms with Crippen LogP contribution in [0.3, 0.4) is 0 Å². The van der Waals surface area contributed by atoms with Crippen LogP contribution in [0, 0.1) is 6.92 Å². The number of nitrogens with one attached hydrogen (secondary N) is 1. The third-order valence-electron chi connectivity index (χ3n) is 4.56. The molecule has 6 nitrogen and oxygen atoms in total. The minimum atomic E-state index is -3.28. The maximum absolute atomic E-state index is 11.2. The summed E-state index contributed by atoms with van der Waals surface area (Å²) in [5, 5.41) is 10.3. The molecular weight excluding hydrogens is 374 g/mol. The second-order valence-corrected chi connectivity index (χ2v) is 9.08. The summed E-state index contributed by atoms with van der Waals surface area (Å²) in [6.45, 7) is 3.96. The number of sulfonamides is 1. The van der Waals surface area contributed by atoms with E-state index in [0.29, 0.717) is 12.1 Å². The molecule has 1 aromatic carbocycles. The van der Waals surface area contributed by atoms with E-state index in [2.05, 4.69) is 27.7 Å². The predicted molar refractivity (Wildman–Crippen MR) is 114 cm³/mol. The van der Waals surface area contributed by atoms with Crippen LogP contribution in [-0.2, 0) is 16.4 Å². The Hall–Kier alpha value is -1.96. The van der Waals surface area contributed by atoms with E-state index < -0.39 is 16.1 Å². The van der Waals surface area contributed by atoms with Crippen molar-refractivity contribution in [2.45, 2.75) is 38.7 Å². The van der Waals surface area contributed by atoms with Crippen molar-refractivity contribution in [3.05, 3.63) is 59.4 Å². The van der Waals surface area contributed by atoms with E-state index >= 15 is 0 Å². The number of pyridine rings is 1. The molecule has 2 N–H and O–H groups in total. The molecule has 0 aliphatic carbocycles. The van der Waals surface area contributed by atoms with Crippen molar-refractivity contribution in [3.8, 4) is 0 Å². The van der Waals surface area contributed by atoms with Gasteiger partial charge in [0, 0.05) is 30.0 Å². The maximum Gasteiger partial charge on any atom is 0.229 e. The van der Waals surface area contributed by atoms with Gasteiger partial charge >= 0.3 is 0 Å². The van der Waals surface area contributed by atoms with Crippen LogP contribution in [0.25, 0.3) is 0 Å². The average Bonchev–Trinajstić information content (AvgIpc) is 2.63. The van der Waals surface area contributed by atoms with E-state index in [1.807, 2.05) is 19.1 Å². The van der Waals surface area contributed by atoms with Gasteiger partial charge in [-0.05, 0) is 69.6 Å². The van der Waals surface area contributed by atoms with Crippen LogP contribution < -0.4 is 4.72 Å². The van der Waals surface area contributed by atoms with Crippen LogP contribution in [0.1, 0.15) is 42.3 Å². The van der Waals surface area contributed by atoms with Crippen molar-refractivity contribution >= 4 is 15.7 Å². The van der Waals surface area contributed by atoms with Crippen LogP contribution in [0.15, 0.2) is 42.5 Å². The lowest BCUT2D eigenvalue weighted by molar-refractivity contribution is 0.161. The Kier molecular flexibility index (Phi) is 8.41. The van der Waals surface area contributed by atoms with Gasteiger partial charge in [-0.15, -0.1) is 0 Å². The Balaban J connectivity index is 1.66. The number of likely N-dealkylation sites (N-methyl/N-ethyl adjacent to an activating group) is 1. The van der Waals surface area contributed by atoms with E-state index in [9.17, 15) is 13.5 Å². The van der Waals surface area contributed by atoms with Gasteiger partial charge in [-0.2, -0.15) is 0 Å². The molecule has 154 valence electrons. The Bertz CT molecular complexity index is 838. The van der Waals surface area contributed by atoms with Crippen molar-refractivity contribution in [2.24, 2.45) is 0 Å². The lowest BCUT2D eigenvalue weighted by atomic mass is 10.0. The topological polar surface area (TPSA) is 82.5 Å². The van der Waals surface area contributed by atoms with Gasteiger partial charge in [-0.3, -0.25) is 9.71 Å². The molecule has 7 heteroatoms. The summed E-state index contributed by atoms with van der Waals surface area (Å²) in [4.78, 5) is 6.82. The van der Waals surface area contributed by atoms with E-state index in [4.69, 9.17) is 0 Å². The van der Waals surface area contributed by atoms with Gasteiger partial charge in [0.25, 0.3) is 0 Å². The standard InChI is InChI=1S/C21H31N3O3S/c1-17-7-6-8-19(22-17)14-16-24(2)15-5-4-9-21(25)18-10-12-20(13-11-18)23-28(3,26)27/h6-8,10-13,21,23,25H,4-5,9,14-16H2,1-3H3. The summed E-state index contributed by atoms with van der Waals surface area (Å²) in [5.74, 6) is 0. The number of nitrogens with zero attached hydrogens (tertiary/aromatic N) is 2. The van der Waals surface area contributed by atoms with E-state index in [0.717, 1.165) is 55.6 Å². The van der Waals surface area contributed by atoms with Crippen LogP contribution in [0.2, 0.25) is 0 Å². The minimum Gasteiger partial charge on any atom is -0.388 e. The molecule has 0 saturated heterocycles. The first kappa shape index (κ1) is 22.3. The number of unbranched alkanes of at least 4 members (excludes halogenated alkanes) is 1. The van der Waals surface area contributed by atoms with Crippen molar-refractivity contribution in [1.82, 2.24) is 9.88 Å². The highest BCUT2D eigenvalue weighted by atomic mass is 32.2. The van der Waals surface area contributed by atoms with E-state index in [-0.39, 0.29) is 0 Å². The monoisotopic (exact) mass is 405 g/mol. The van der Waals surface area contributed by atoms with Gasteiger partial charge in [0.15, 0.2) is 0 Å². The van der Waals surface area contributed by atoms with Crippen molar-refractivity contribution in [2.75, 3.05) is 31.1 Å². The molecule has 0 fully saturated rings. The van der Waals surface area contributed by atoms with Gasteiger partial charge in [-0.25, -0.2) is 8.42 Å². The first-order chi connectivity index (χ1) is 13.2. The zero-order chi connectivity index (χ0) is 20.6. The molecule has 2 aromatic rings. The molecule has 2 rings (SSSR count). The molecule has 0 aliphatic heterocycles. The molecule has 0 radical (unpaired) electrons. The number of aliphatic hydroxyl groups excluding tert-OH is 1. The van der Waals surface area contributed by atoms with Gasteiger partial charge < -0.3 is 10.0 Å². The average molecular weight is 406 g/mol. The van der Waals surface area contributed by atoms with Crippen LogP contribution in [0.4, 0.5) is 5.69 Å². The number of anilines is 1. The quantitative estimate of drug-likeness (QED) is 0.561. The summed E-state index contributed by atoms with van der Waals surface area (Å²) in [7, 11) is -1.17. The van der Waals surface area contributed by atoms with Gasteiger partial charge in [0.05, 0.1) is 12.4 Å². The Morgan fingerprint density at radius 3 is 2.46 bits per heavy atom. The van der Waals surface area contributed by atoms with Crippen LogP contribution in [-0.4, -0.2) is 49.8 Å². The fraction of sp³-hybridized carbons (Fsp3) is 0.476. The molecule has 28 heavy (non-hydrogen) atoms. The summed E-state index contributed by atoms with van der Waals surface area (Å²) in [6, 6.07) is 13.0. The molecule has 0 aliphatic rings. The largest absolute Gasteiger partial charge is 0.388 e. The number of hydrogen-bond donors (Lipinski definition) is 2. The third-order valence-corrected chi connectivity index (χ3v) is 5.17. The lowest BCUT2D eigenvalue weighted by Crippen LogP contribution is -2.22. The number of rotatable bonds is 11. The van der Waals surface area contributed by atoms with Gasteiger partial charge in [0.1, 0.15) is 0 Å². The van der Waals surface area contributed by atoms with Crippen LogP contribution in [0.5, 0.6) is 0 Å². The first-order valence-corrected chi connectivity index (χ1v) is 11.5. The van der Waals surface area contributed by atoms with Crippen molar-refractivity contribution < 1.29 is 13.5 Å². The summed E-state index contributed by atoms with van der Waals surface area (Å²) in [5.41, 5.74) is 3.48. The van der Waals surface area contributed by atoms with Crippen molar-refractivity contribution in [3.63, 3.8) is 0 Å². The van der Waals surface area contributed by atoms with Crippen molar-refractivity contribution in [1.29, 1.82) is 0 Å². The summed E-state index contributed by atoms with van der Waals surface area (Å²) in [6.07, 6.45) is 4.15. The lowest BCUT2D eigenvalue weighted by Gasteiger charge is -2.17. The Labute approximate surface area is 168 Å². The fourth-order valence-electron chi connectivity index (χ4n) is 3.03.